The quantitative estimate of drug-likeness (QED) is 0.689. The van der Waals surface area contributed by atoms with E-state index in [0.717, 1.165) is 42.4 Å². The highest BCUT2D eigenvalue weighted by Crippen LogP contribution is 2.34. The van der Waals surface area contributed by atoms with Crippen molar-refractivity contribution in [1.29, 1.82) is 0 Å². The van der Waals surface area contributed by atoms with Crippen molar-refractivity contribution < 1.29 is 9.59 Å². The molecule has 1 aliphatic rings. The fourth-order valence-corrected chi connectivity index (χ4v) is 4.53. The molecule has 2 N–H and O–H groups in total. The van der Waals surface area contributed by atoms with Gasteiger partial charge in [0, 0.05) is 18.9 Å². The van der Waals surface area contributed by atoms with Gasteiger partial charge in [-0.2, -0.15) is 0 Å². The summed E-state index contributed by atoms with van der Waals surface area (Å²) in [4.78, 5) is 25.5. The van der Waals surface area contributed by atoms with Gasteiger partial charge in [0.05, 0.1) is 6.04 Å². The van der Waals surface area contributed by atoms with E-state index >= 15 is 0 Å². The first-order valence-corrected chi connectivity index (χ1v) is 11.1. The van der Waals surface area contributed by atoms with E-state index in [1.54, 1.807) is 7.05 Å². The van der Waals surface area contributed by atoms with Gasteiger partial charge >= 0.3 is 0 Å². The molecule has 0 heterocycles. The lowest BCUT2D eigenvalue weighted by Crippen LogP contribution is -2.40. The molecule has 2 aromatic carbocycles. The van der Waals surface area contributed by atoms with Gasteiger partial charge in [-0.15, -0.1) is 0 Å². The van der Waals surface area contributed by atoms with E-state index in [1.807, 2.05) is 12.1 Å². The van der Waals surface area contributed by atoms with Gasteiger partial charge in [-0.3, -0.25) is 9.59 Å². The maximum atomic E-state index is 13.3. The van der Waals surface area contributed by atoms with E-state index in [0.29, 0.717) is 5.92 Å². The summed E-state index contributed by atoms with van der Waals surface area (Å²) in [6.07, 6.45) is 3.54. The summed E-state index contributed by atoms with van der Waals surface area (Å²) in [5, 5.41) is 6.01. The molecule has 3 rings (SSSR count). The summed E-state index contributed by atoms with van der Waals surface area (Å²) in [5.74, 6) is -0.0492. The zero-order valence-corrected chi connectivity index (χ0v) is 18.6. The van der Waals surface area contributed by atoms with Crippen LogP contribution in [0.1, 0.15) is 73.7 Å². The third-order valence-corrected chi connectivity index (χ3v) is 6.67. The molecule has 0 spiro atoms. The molecule has 1 saturated carbocycles. The van der Waals surface area contributed by atoms with Gasteiger partial charge in [0.25, 0.3) is 0 Å². The number of carbonyl (C=O) groups excluding carboxylic acids is 2. The summed E-state index contributed by atoms with van der Waals surface area (Å²) in [7, 11) is 1.64. The summed E-state index contributed by atoms with van der Waals surface area (Å²) >= 11 is 0. The van der Waals surface area contributed by atoms with Crippen molar-refractivity contribution in [2.75, 3.05) is 7.05 Å². The van der Waals surface area contributed by atoms with Crippen LogP contribution in [0, 0.1) is 18.8 Å². The number of hydrogen-bond acceptors (Lipinski definition) is 2. The number of aryl methyl sites for hydroxylation is 1. The lowest BCUT2D eigenvalue weighted by molar-refractivity contribution is -0.133. The van der Waals surface area contributed by atoms with Crippen LogP contribution in [0.3, 0.4) is 0 Å². The number of benzene rings is 2. The Balaban J connectivity index is 1.90. The van der Waals surface area contributed by atoms with Gasteiger partial charge in [-0.25, -0.2) is 0 Å². The maximum absolute atomic E-state index is 13.3. The van der Waals surface area contributed by atoms with Gasteiger partial charge in [-0.05, 0) is 54.4 Å². The average molecular weight is 407 g/mol. The fraction of sp³-hybridized carbons (Fsp3) is 0.462. The van der Waals surface area contributed by atoms with Crippen LogP contribution in [0.5, 0.6) is 0 Å². The predicted molar refractivity (Wildman–Crippen MR) is 121 cm³/mol. The molecule has 0 aliphatic heterocycles. The number of rotatable bonds is 7. The van der Waals surface area contributed by atoms with Gasteiger partial charge < -0.3 is 10.6 Å². The third kappa shape index (κ3) is 4.75. The first-order chi connectivity index (χ1) is 14.5. The highest BCUT2D eigenvalue weighted by molar-refractivity contribution is 5.88. The Bertz CT molecular complexity index is 875. The second-order valence-electron chi connectivity index (χ2n) is 8.53. The molecule has 0 bridgehead atoms. The zero-order chi connectivity index (χ0) is 21.7. The molecule has 1 aliphatic carbocycles. The highest BCUT2D eigenvalue weighted by Gasteiger charge is 2.38. The SMILES string of the molecule is CCC(C)c1ccc([C@@H](NC(=O)[C@@H]2CCC[C@@H]2C(=O)NC)c2ccccc2C)cc1. The Hall–Kier alpha value is -2.62. The average Bonchev–Trinajstić information content (AvgIpc) is 3.27. The van der Waals surface area contributed by atoms with E-state index in [2.05, 4.69) is 67.8 Å². The normalized spacial score (nSPS) is 20.4. The Morgan fingerprint density at radius 2 is 1.57 bits per heavy atom. The van der Waals surface area contributed by atoms with Crippen molar-refractivity contribution in [3.8, 4) is 0 Å². The Labute approximate surface area is 180 Å². The molecule has 1 unspecified atom stereocenters. The van der Waals surface area contributed by atoms with Crippen LogP contribution in [0.15, 0.2) is 48.5 Å². The van der Waals surface area contributed by atoms with Gasteiger partial charge in [-0.1, -0.05) is 68.8 Å². The number of carbonyl (C=O) groups is 2. The van der Waals surface area contributed by atoms with Crippen molar-refractivity contribution in [2.24, 2.45) is 11.8 Å². The molecular weight excluding hydrogens is 372 g/mol. The summed E-state index contributed by atoms with van der Waals surface area (Å²) < 4.78 is 0. The molecule has 4 atom stereocenters. The first-order valence-electron chi connectivity index (χ1n) is 11.1. The molecule has 2 aromatic rings. The summed E-state index contributed by atoms with van der Waals surface area (Å²) in [5.41, 5.74) is 4.62. The van der Waals surface area contributed by atoms with E-state index in [9.17, 15) is 9.59 Å². The lowest BCUT2D eigenvalue weighted by atomic mass is 9.90. The standard InChI is InChI=1S/C26H34N2O2/c1-5-17(2)19-13-15-20(16-14-19)24(21-10-7-6-9-18(21)3)28-26(30)23-12-8-11-22(23)25(29)27-4/h6-7,9-10,13-17,22-24H,5,8,11-12H2,1-4H3,(H,27,29)(H,28,30)/t17?,22-,23+,24+/m0/s1. The van der Waals surface area contributed by atoms with Gasteiger partial charge in [0.2, 0.25) is 11.8 Å². The zero-order valence-electron chi connectivity index (χ0n) is 18.6. The minimum atomic E-state index is -0.268. The second kappa shape index (κ2) is 9.92. The van der Waals surface area contributed by atoms with Gasteiger partial charge in [0.1, 0.15) is 0 Å². The van der Waals surface area contributed by atoms with Crippen LogP contribution >= 0.6 is 0 Å². The minimum absolute atomic E-state index is 0.0274. The predicted octanol–water partition coefficient (Wildman–Crippen LogP) is 4.88. The molecular formula is C26H34N2O2. The largest absolute Gasteiger partial charge is 0.359 e. The van der Waals surface area contributed by atoms with Crippen LogP contribution in [-0.2, 0) is 9.59 Å². The topological polar surface area (TPSA) is 58.2 Å². The molecule has 0 radical (unpaired) electrons. The van der Waals surface area contributed by atoms with Crippen LogP contribution in [0.25, 0.3) is 0 Å². The van der Waals surface area contributed by atoms with E-state index in [4.69, 9.17) is 0 Å². The number of amides is 2. The minimum Gasteiger partial charge on any atom is -0.359 e. The Morgan fingerprint density at radius 1 is 0.967 bits per heavy atom. The smallest absolute Gasteiger partial charge is 0.224 e. The molecule has 0 aromatic heterocycles. The van der Waals surface area contributed by atoms with Crippen molar-refractivity contribution in [3.63, 3.8) is 0 Å². The molecule has 0 saturated heterocycles. The molecule has 2 amide bonds. The third-order valence-electron chi connectivity index (χ3n) is 6.67. The van der Waals surface area contributed by atoms with Crippen LogP contribution in [-0.4, -0.2) is 18.9 Å². The monoisotopic (exact) mass is 406 g/mol. The molecule has 30 heavy (non-hydrogen) atoms. The number of hydrogen-bond donors (Lipinski definition) is 2. The lowest BCUT2D eigenvalue weighted by Gasteiger charge is -2.25. The second-order valence-corrected chi connectivity index (χ2v) is 8.53. The highest BCUT2D eigenvalue weighted by atomic mass is 16.2. The molecule has 4 nitrogen and oxygen atoms in total. The summed E-state index contributed by atoms with van der Waals surface area (Å²) in [6, 6.07) is 16.6. The molecule has 1 fully saturated rings. The van der Waals surface area contributed by atoms with Gasteiger partial charge in [0.15, 0.2) is 0 Å². The van der Waals surface area contributed by atoms with Crippen molar-refractivity contribution in [1.82, 2.24) is 10.6 Å². The van der Waals surface area contributed by atoms with E-state index < -0.39 is 0 Å². The Morgan fingerprint density at radius 3 is 2.17 bits per heavy atom. The van der Waals surface area contributed by atoms with E-state index in [1.165, 1.54) is 5.56 Å². The fourth-order valence-electron chi connectivity index (χ4n) is 4.53. The van der Waals surface area contributed by atoms with Crippen molar-refractivity contribution in [3.05, 3.63) is 70.8 Å². The first kappa shape index (κ1) is 22.1. The van der Waals surface area contributed by atoms with Crippen molar-refractivity contribution >= 4 is 11.8 Å². The van der Waals surface area contributed by atoms with Crippen LogP contribution in [0.2, 0.25) is 0 Å². The summed E-state index contributed by atoms with van der Waals surface area (Å²) in [6.45, 7) is 6.50. The molecule has 4 heteroatoms. The maximum Gasteiger partial charge on any atom is 0.224 e. The van der Waals surface area contributed by atoms with Crippen molar-refractivity contribution in [2.45, 2.75) is 58.4 Å². The van der Waals surface area contributed by atoms with Crippen LogP contribution < -0.4 is 10.6 Å². The van der Waals surface area contributed by atoms with Crippen LogP contribution in [0.4, 0.5) is 0 Å². The van der Waals surface area contributed by atoms with E-state index in [-0.39, 0.29) is 29.7 Å². The number of nitrogens with one attached hydrogen (secondary N) is 2. The molecule has 160 valence electrons. The Kier molecular flexibility index (Phi) is 7.30.